The minimum atomic E-state index is -0.466. The SMILES string of the molecule is Cc1cc(Br)c2nc(C3(C)CCCO3)n(C)c(=O)c2c1. The van der Waals surface area contributed by atoms with Gasteiger partial charge in [-0.1, -0.05) is 0 Å². The quantitative estimate of drug-likeness (QED) is 0.803. The highest BCUT2D eigenvalue weighted by molar-refractivity contribution is 9.10. The van der Waals surface area contributed by atoms with Crippen molar-refractivity contribution < 1.29 is 4.74 Å². The van der Waals surface area contributed by atoms with Gasteiger partial charge in [0.1, 0.15) is 11.4 Å². The average molecular weight is 337 g/mol. The molecule has 2 heterocycles. The number of rotatable bonds is 1. The van der Waals surface area contributed by atoms with E-state index in [1.807, 2.05) is 26.0 Å². The van der Waals surface area contributed by atoms with Crippen molar-refractivity contribution in [3.8, 4) is 0 Å². The summed E-state index contributed by atoms with van der Waals surface area (Å²) in [6, 6.07) is 3.87. The molecule has 0 aliphatic carbocycles. The van der Waals surface area contributed by atoms with E-state index in [0.29, 0.717) is 16.7 Å². The Bertz CT molecular complexity index is 746. The molecule has 1 unspecified atom stereocenters. The number of nitrogens with zero attached hydrogens (tertiary/aromatic N) is 2. The first-order valence-corrected chi connectivity index (χ1v) is 7.53. The summed E-state index contributed by atoms with van der Waals surface area (Å²) in [5, 5.41) is 0.643. The van der Waals surface area contributed by atoms with E-state index in [1.165, 1.54) is 0 Å². The van der Waals surface area contributed by atoms with Crippen LogP contribution < -0.4 is 5.56 Å². The molecule has 1 aliphatic rings. The van der Waals surface area contributed by atoms with E-state index in [-0.39, 0.29) is 5.56 Å². The molecule has 4 nitrogen and oxygen atoms in total. The van der Waals surface area contributed by atoms with Gasteiger partial charge in [-0.15, -0.1) is 0 Å². The van der Waals surface area contributed by atoms with Gasteiger partial charge in [-0.05, 0) is 60.3 Å². The zero-order chi connectivity index (χ0) is 14.5. The summed E-state index contributed by atoms with van der Waals surface area (Å²) >= 11 is 3.52. The molecular formula is C15H17BrN2O2. The normalized spacial score (nSPS) is 22.6. The van der Waals surface area contributed by atoms with Crippen LogP contribution in [0.3, 0.4) is 0 Å². The molecule has 1 aromatic heterocycles. The Morgan fingerprint density at radius 2 is 2.20 bits per heavy atom. The summed E-state index contributed by atoms with van der Waals surface area (Å²) in [5.74, 6) is 0.706. The highest BCUT2D eigenvalue weighted by atomic mass is 79.9. The van der Waals surface area contributed by atoms with Gasteiger partial charge in [0, 0.05) is 18.1 Å². The first-order valence-electron chi connectivity index (χ1n) is 6.74. The number of hydrogen-bond donors (Lipinski definition) is 0. The molecule has 0 spiro atoms. The van der Waals surface area contributed by atoms with E-state index >= 15 is 0 Å². The van der Waals surface area contributed by atoms with Gasteiger partial charge in [-0.25, -0.2) is 4.98 Å². The largest absolute Gasteiger partial charge is 0.367 e. The van der Waals surface area contributed by atoms with Crippen molar-refractivity contribution in [2.45, 2.75) is 32.3 Å². The van der Waals surface area contributed by atoms with Crippen LogP contribution in [0.25, 0.3) is 10.9 Å². The van der Waals surface area contributed by atoms with E-state index in [0.717, 1.165) is 29.5 Å². The first kappa shape index (κ1) is 13.8. The second-order valence-electron chi connectivity index (χ2n) is 5.63. The molecule has 1 fully saturated rings. The fourth-order valence-corrected chi connectivity index (χ4v) is 3.56. The molecule has 0 amide bonds. The number of ether oxygens (including phenoxy) is 1. The number of aryl methyl sites for hydroxylation is 1. The lowest BCUT2D eigenvalue weighted by Crippen LogP contribution is -2.33. The van der Waals surface area contributed by atoms with Crippen molar-refractivity contribution in [1.82, 2.24) is 9.55 Å². The Morgan fingerprint density at radius 3 is 2.85 bits per heavy atom. The van der Waals surface area contributed by atoms with Crippen LogP contribution in [0.5, 0.6) is 0 Å². The van der Waals surface area contributed by atoms with E-state index in [4.69, 9.17) is 9.72 Å². The van der Waals surface area contributed by atoms with Crippen LogP contribution in [-0.2, 0) is 17.4 Å². The second kappa shape index (κ2) is 4.67. The molecular weight excluding hydrogens is 320 g/mol. The Kier molecular flexibility index (Phi) is 3.21. The van der Waals surface area contributed by atoms with Crippen molar-refractivity contribution in [2.75, 3.05) is 6.61 Å². The van der Waals surface area contributed by atoms with Crippen LogP contribution >= 0.6 is 15.9 Å². The molecule has 1 aromatic carbocycles. The number of benzene rings is 1. The summed E-state index contributed by atoms with van der Waals surface area (Å²) in [5.41, 5.74) is 1.27. The highest BCUT2D eigenvalue weighted by Gasteiger charge is 2.36. The molecule has 0 saturated carbocycles. The lowest BCUT2D eigenvalue weighted by atomic mass is 10.0. The smallest absolute Gasteiger partial charge is 0.261 e. The molecule has 106 valence electrons. The zero-order valence-corrected chi connectivity index (χ0v) is 13.5. The maximum Gasteiger partial charge on any atom is 0.261 e. The molecule has 0 radical (unpaired) electrons. The minimum absolute atomic E-state index is 0.0221. The lowest BCUT2D eigenvalue weighted by molar-refractivity contribution is 0.00637. The summed E-state index contributed by atoms with van der Waals surface area (Å²) in [7, 11) is 1.77. The van der Waals surface area contributed by atoms with Crippen LogP contribution in [0.1, 0.15) is 31.2 Å². The molecule has 3 rings (SSSR count). The van der Waals surface area contributed by atoms with Gasteiger partial charge >= 0.3 is 0 Å². The monoisotopic (exact) mass is 336 g/mol. The lowest BCUT2D eigenvalue weighted by Gasteiger charge is -2.25. The number of aromatic nitrogens is 2. The molecule has 1 aliphatic heterocycles. The molecule has 5 heteroatoms. The van der Waals surface area contributed by atoms with Crippen LogP contribution in [-0.4, -0.2) is 16.2 Å². The predicted molar refractivity (Wildman–Crippen MR) is 82.0 cm³/mol. The fraction of sp³-hybridized carbons (Fsp3) is 0.467. The van der Waals surface area contributed by atoms with Gasteiger partial charge in [0.05, 0.1) is 10.9 Å². The number of hydrogen-bond acceptors (Lipinski definition) is 3. The molecule has 1 atom stereocenters. The summed E-state index contributed by atoms with van der Waals surface area (Å²) < 4.78 is 8.32. The number of fused-ring (bicyclic) bond motifs is 1. The van der Waals surface area contributed by atoms with Crippen molar-refractivity contribution in [3.05, 3.63) is 38.3 Å². The van der Waals surface area contributed by atoms with E-state index in [9.17, 15) is 4.79 Å². The van der Waals surface area contributed by atoms with E-state index in [2.05, 4.69) is 15.9 Å². The van der Waals surface area contributed by atoms with Crippen molar-refractivity contribution in [3.63, 3.8) is 0 Å². The van der Waals surface area contributed by atoms with Gasteiger partial charge in [-0.3, -0.25) is 9.36 Å². The van der Waals surface area contributed by atoms with Gasteiger partial charge < -0.3 is 4.74 Å². The minimum Gasteiger partial charge on any atom is -0.367 e. The molecule has 20 heavy (non-hydrogen) atoms. The molecule has 1 saturated heterocycles. The van der Waals surface area contributed by atoms with E-state index < -0.39 is 5.60 Å². The Morgan fingerprint density at radius 1 is 1.45 bits per heavy atom. The van der Waals surface area contributed by atoms with Crippen LogP contribution in [0.2, 0.25) is 0 Å². The van der Waals surface area contributed by atoms with E-state index in [1.54, 1.807) is 11.6 Å². The van der Waals surface area contributed by atoms with Crippen LogP contribution in [0.4, 0.5) is 0 Å². The predicted octanol–water partition coefficient (Wildman–Crippen LogP) is 3.03. The standard InChI is InChI=1S/C15H17BrN2O2/c1-9-7-10-12(11(16)8-9)17-14(18(3)13(10)19)15(2)5-4-6-20-15/h7-8H,4-6H2,1-3H3. The Labute approximate surface area is 125 Å². The highest BCUT2D eigenvalue weighted by Crippen LogP contribution is 2.35. The third-order valence-corrected chi connectivity index (χ3v) is 4.57. The summed E-state index contributed by atoms with van der Waals surface area (Å²) in [4.78, 5) is 17.3. The topological polar surface area (TPSA) is 44.1 Å². The van der Waals surface area contributed by atoms with Gasteiger partial charge in [-0.2, -0.15) is 0 Å². The van der Waals surface area contributed by atoms with Gasteiger partial charge in [0.15, 0.2) is 0 Å². The van der Waals surface area contributed by atoms with Crippen LogP contribution in [0, 0.1) is 6.92 Å². The first-order chi connectivity index (χ1) is 9.42. The maximum atomic E-state index is 12.6. The fourth-order valence-electron chi connectivity index (χ4n) is 2.90. The molecule has 0 bridgehead atoms. The third-order valence-electron chi connectivity index (χ3n) is 3.97. The number of halogens is 1. The van der Waals surface area contributed by atoms with Crippen LogP contribution in [0.15, 0.2) is 21.4 Å². The van der Waals surface area contributed by atoms with Crippen molar-refractivity contribution >= 4 is 26.8 Å². The molecule has 0 N–H and O–H groups in total. The summed E-state index contributed by atoms with van der Waals surface area (Å²) in [6.07, 6.45) is 1.89. The average Bonchev–Trinajstić information content (AvgIpc) is 2.82. The van der Waals surface area contributed by atoms with Gasteiger partial charge in [0.2, 0.25) is 0 Å². The molecule has 2 aromatic rings. The van der Waals surface area contributed by atoms with Gasteiger partial charge in [0.25, 0.3) is 5.56 Å². The third kappa shape index (κ3) is 2.00. The second-order valence-corrected chi connectivity index (χ2v) is 6.48. The zero-order valence-electron chi connectivity index (χ0n) is 11.9. The Balaban J connectivity index is 2.36. The van der Waals surface area contributed by atoms with Crippen molar-refractivity contribution in [2.24, 2.45) is 7.05 Å². The Hall–Kier alpha value is -1.20. The van der Waals surface area contributed by atoms with Crippen molar-refractivity contribution in [1.29, 1.82) is 0 Å². The summed E-state index contributed by atoms with van der Waals surface area (Å²) in [6.45, 7) is 4.70. The maximum absolute atomic E-state index is 12.6.